The van der Waals surface area contributed by atoms with Gasteiger partial charge in [0.25, 0.3) is 0 Å². The molecule has 0 fully saturated rings. The quantitative estimate of drug-likeness (QED) is 0.623. The van der Waals surface area contributed by atoms with Crippen molar-refractivity contribution in [1.82, 2.24) is 0 Å². The molecule has 1 unspecified atom stereocenters. The first-order chi connectivity index (χ1) is 5.83. The first kappa shape index (κ1) is 9.27. The highest BCUT2D eigenvalue weighted by atomic mass is 16.5. The Morgan fingerprint density at radius 2 is 2.42 bits per heavy atom. The monoisotopic (exact) mass is 164 g/mol. The van der Waals surface area contributed by atoms with Crippen LogP contribution in [0.25, 0.3) is 0 Å². The van der Waals surface area contributed by atoms with Gasteiger partial charge in [-0.15, -0.1) is 0 Å². The third-order valence-electron chi connectivity index (χ3n) is 2.12. The SMILES string of the molecule is C=CC1=C(/C=C\C)C(CC)OC1. The molecule has 0 N–H and O–H groups in total. The molecule has 1 atom stereocenters. The van der Waals surface area contributed by atoms with Crippen LogP contribution in [0.1, 0.15) is 20.3 Å². The summed E-state index contributed by atoms with van der Waals surface area (Å²) in [6.45, 7) is 8.66. The molecular weight excluding hydrogens is 148 g/mol. The third-order valence-corrected chi connectivity index (χ3v) is 2.12. The van der Waals surface area contributed by atoms with Crippen LogP contribution in [0.3, 0.4) is 0 Å². The van der Waals surface area contributed by atoms with E-state index in [9.17, 15) is 0 Å². The summed E-state index contributed by atoms with van der Waals surface area (Å²) in [5.41, 5.74) is 2.54. The fourth-order valence-corrected chi connectivity index (χ4v) is 1.48. The zero-order valence-corrected chi connectivity index (χ0v) is 7.84. The van der Waals surface area contributed by atoms with Gasteiger partial charge in [0.05, 0.1) is 12.7 Å². The molecular formula is C11H16O. The van der Waals surface area contributed by atoms with Gasteiger partial charge in [0, 0.05) is 0 Å². The number of ether oxygens (including phenoxy) is 1. The van der Waals surface area contributed by atoms with E-state index < -0.39 is 0 Å². The average molecular weight is 164 g/mol. The van der Waals surface area contributed by atoms with Gasteiger partial charge in [0.15, 0.2) is 0 Å². The van der Waals surface area contributed by atoms with E-state index >= 15 is 0 Å². The Labute approximate surface area is 74.4 Å². The molecule has 0 bridgehead atoms. The average Bonchev–Trinajstić information content (AvgIpc) is 2.48. The van der Waals surface area contributed by atoms with E-state index in [1.807, 2.05) is 13.0 Å². The Bertz CT molecular complexity index is 223. The lowest BCUT2D eigenvalue weighted by Gasteiger charge is -2.07. The number of hydrogen-bond donors (Lipinski definition) is 0. The third kappa shape index (κ3) is 1.67. The molecule has 0 aromatic rings. The minimum atomic E-state index is 0.286. The molecule has 1 nitrogen and oxygen atoms in total. The Kier molecular flexibility index (Phi) is 3.30. The highest BCUT2D eigenvalue weighted by molar-refractivity contribution is 5.38. The van der Waals surface area contributed by atoms with Crippen LogP contribution in [0.5, 0.6) is 0 Å². The Morgan fingerprint density at radius 1 is 1.67 bits per heavy atom. The van der Waals surface area contributed by atoms with Gasteiger partial charge in [0.2, 0.25) is 0 Å². The first-order valence-electron chi connectivity index (χ1n) is 4.43. The summed E-state index contributed by atoms with van der Waals surface area (Å²) in [7, 11) is 0. The summed E-state index contributed by atoms with van der Waals surface area (Å²) in [6.07, 6.45) is 7.39. The number of rotatable bonds is 3. The molecule has 0 aromatic carbocycles. The molecule has 1 heterocycles. The highest BCUT2D eigenvalue weighted by Gasteiger charge is 2.20. The molecule has 12 heavy (non-hydrogen) atoms. The second-order valence-corrected chi connectivity index (χ2v) is 2.89. The van der Waals surface area contributed by atoms with Crippen LogP contribution < -0.4 is 0 Å². The van der Waals surface area contributed by atoms with Crippen molar-refractivity contribution in [3.63, 3.8) is 0 Å². The number of hydrogen-bond acceptors (Lipinski definition) is 1. The second-order valence-electron chi connectivity index (χ2n) is 2.89. The van der Waals surface area contributed by atoms with E-state index in [2.05, 4.69) is 25.7 Å². The van der Waals surface area contributed by atoms with Gasteiger partial charge >= 0.3 is 0 Å². The molecule has 1 rings (SSSR count). The smallest absolute Gasteiger partial charge is 0.0830 e. The molecule has 0 radical (unpaired) electrons. The lowest BCUT2D eigenvalue weighted by atomic mass is 10.0. The van der Waals surface area contributed by atoms with Crippen molar-refractivity contribution in [2.24, 2.45) is 0 Å². The maximum absolute atomic E-state index is 5.57. The van der Waals surface area contributed by atoms with Crippen molar-refractivity contribution in [1.29, 1.82) is 0 Å². The van der Waals surface area contributed by atoms with E-state index in [1.165, 1.54) is 11.1 Å². The summed E-state index contributed by atoms with van der Waals surface area (Å²) in [4.78, 5) is 0. The molecule has 0 spiro atoms. The van der Waals surface area contributed by atoms with Crippen LogP contribution in [-0.2, 0) is 4.74 Å². The van der Waals surface area contributed by atoms with Gasteiger partial charge in [0.1, 0.15) is 0 Å². The molecule has 1 aliphatic rings. The minimum absolute atomic E-state index is 0.286. The summed E-state index contributed by atoms with van der Waals surface area (Å²) in [5.74, 6) is 0. The van der Waals surface area contributed by atoms with Gasteiger partial charge in [-0.3, -0.25) is 0 Å². The fourth-order valence-electron chi connectivity index (χ4n) is 1.48. The zero-order valence-electron chi connectivity index (χ0n) is 7.84. The lowest BCUT2D eigenvalue weighted by Crippen LogP contribution is -2.06. The van der Waals surface area contributed by atoms with Crippen LogP contribution in [0.15, 0.2) is 36.0 Å². The Hall–Kier alpha value is -0.820. The minimum Gasteiger partial charge on any atom is -0.369 e. The molecule has 1 heteroatoms. The standard InChI is InChI=1S/C11H16O/c1-4-7-10-9(5-2)8-12-11(10)6-3/h4-5,7,11H,2,6,8H2,1,3H3/b7-4-. The van der Waals surface area contributed by atoms with Crippen molar-refractivity contribution in [2.45, 2.75) is 26.4 Å². The molecule has 1 aliphatic heterocycles. The van der Waals surface area contributed by atoms with Crippen LogP contribution in [0, 0.1) is 0 Å². The van der Waals surface area contributed by atoms with E-state index in [1.54, 1.807) is 0 Å². The summed E-state index contributed by atoms with van der Waals surface area (Å²) in [5, 5.41) is 0. The van der Waals surface area contributed by atoms with Gasteiger partial charge < -0.3 is 4.74 Å². The van der Waals surface area contributed by atoms with Gasteiger partial charge in [-0.1, -0.05) is 31.7 Å². The van der Waals surface area contributed by atoms with Crippen LogP contribution >= 0.6 is 0 Å². The fraction of sp³-hybridized carbons (Fsp3) is 0.455. The largest absolute Gasteiger partial charge is 0.369 e. The first-order valence-corrected chi connectivity index (χ1v) is 4.43. The maximum atomic E-state index is 5.57. The second kappa shape index (κ2) is 4.27. The lowest BCUT2D eigenvalue weighted by molar-refractivity contribution is 0.119. The Morgan fingerprint density at radius 3 is 2.92 bits per heavy atom. The van der Waals surface area contributed by atoms with Gasteiger partial charge in [-0.2, -0.15) is 0 Å². The van der Waals surface area contributed by atoms with Crippen LogP contribution in [0.2, 0.25) is 0 Å². The van der Waals surface area contributed by atoms with E-state index in [0.29, 0.717) is 0 Å². The van der Waals surface area contributed by atoms with E-state index in [0.717, 1.165) is 13.0 Å². The molecule has 0 saturated carbocycles. The van der Waals surface area contributed by atoms with Crippen molar-refractivity contribution in [3.05, 3.63) is 36.0 Å². The zero-order chi connectivity index (χ0) is 8.97. The molecule has 0 amide bonds. The van der Waals surface area contributed by atoms with Crippen molar-refractivity contribution < 1.29 is 4.74 Å². The highest BCUT2D eigenvalue weighted by Crippen LogP contribution is 2.25. The van der Waals surface area contributed by atoms with Gasteiger partial charge in [-0.25, -0.2) is 0 Å². The van der Waals surface area contributed by atoms with Gasteiger partial charge in [-0.05, 0) is 24.5 Å². The molecule has 0 aromatic heterocycles. The van der Waals surface area contributed by atoms with E-state index in [4.69, 9.17) is 4.74 Å². The predicted molar refractivity (Wildman–Crippen MR) is 52.1 cm³/mol. The van der Waals surface area contributed by atoms with Crippen LogP contribution in [-0.4, -0.2) is 12.7 Å². The summed E-state index contributed by atoms with van der Waals surface area (Å²) in [6, 6.07) is 0. The summed E-state index contributed by atoms with van der Waals surface area (Å²) >= 11 is 0. The summed E-state index contributed by atoms with van der Waals surface area (Å²) < 4.78 is 5.57. The Balaban J connectivity index is 2.88. The van der Waals surface area contributed by atoms with E-state index in [-0.39, 0.29) is 6.10 Å². The van der Waals surface area contributed by atoms with Crippen LogP contribution in [0.4, 0.5) is 0 Å². The maximum Gasteiger partial charge on any atom is 0.0830 e. The van der Waals surface area contributed by atoms with Crippen molar-refractivity contribution in [3.8, 4) is 0 Å². The topological polar surface area (TPSA) is 9.23 Å². The molecule has 0 aliphatic carbocycles. The normalized spacial score (nSPS) is 24.0. The predicted octanol–water partition coefficient (Wildman–Crippen LogP) is 2.85. The van der Waals surface area contributed by atoms with Crippen molar-refractivity contribution >= 4 is 0 Å². The van der Waals surface area contributed by atoms with Crippen molar-refractivity contribution in [2.75, 3.05) is 6.61 Å². The molecule has 0 saturated heterocycles. The number of allylic oxidation sites excluding steroid dienone is 1. The molecule has 66 valence electrons.